The zero-order valence-electron chi connectivity index (χ0n) is 12.2. The first-order valence-corrected chi connectivity index (χ1v) is 6.88. The van der Waals surface area contributed by atoms with E-state index in [4.69, 9.17) is 9.47 Å². The number of ether oxygens (including phenoxy) is 2. The minimum atomic E-state index is 0.490. The Labute approximate surface area is 123 Å². The van der Waals surface area contributed by atoms with Gasteiger partial charge < -0.3 is 14.0 Å². The molecule has 2 aromatic carbocycles. The van der Waals surface area contributed by atoms with Crippen LogP contribution in [0.3, 0.4) is 0 Å². The fraction of sp³-hybridized carbons (Fsp3) is 0.235. The van der Waals surface area contributed by atoms with Crippen LogP contribution in [0.5, 0.6) is 5.75 Å². The summed E-state index contributed by atoms with van der Waals surface area (Å²) in [5.74, 6) is 1.75. The van der Waals surface area contributed by atoms with Crippen LogP contribution < -0.4 is 4.74 Å². The van der Waals surface area contributed by atoms with Gasteiger partial charge in [-0.1, -0.05) is 30.3 Å². The van der Waals surface area contributed by atoms with Gasteiger partial charge in [0.1, 0.15) is 18.2 Å². The zero-order chi connectivity index (χ0) is 14.7. The topological polar surface area (TPSA) is 36.3 Å². The van der Waals surface area contributed by atoms with E-state index in [2.05, 4.69) is 21.7 Å². The number of hydrogen-bond donors (Lipinski definition) is 0. The Bertz CT molecular complexity index is 735. The second-order valence-electron chi connectivity index (χ2n) is 4.89. The number of hydrogen-bond acceptors (Lipinski definition) is 3. The summed E-state index contributed by atoms with van der Waals surface area (Å²) < 4.78 is 12.8. The molecule has 0 aliphatic rings. The first kappa shape index (κ1) is 13.6. The first-order valence-electron chi connectivity index (χ1n) is 6.88. The molecule has 1 aromatic heterocycles. The van der Waals surface area contributed by atoms with Crippen LogP contribution >= 0.6 is 0 Å². The summed E-state index contributed by atoms with van der Waals surface area (Å²) in [4.78, 5) is 4.66. The Morgan fingerprint density at radius 1 is 1.05 bits per heavy atom. The van der Waals surface area contributed by atoms with E-state index in [1.54, 1.807) is 14.2 Å². The van der Waals surface area contributed by atoms with Crippen molar-refractivity contribution in [2.75, 3.05) is 14.2 Å². The largest absolute Gasteiger partial charge is 0.497 e. The van der Waals surface area contributed by atoms with Gasteiger partial charge in [0.05, 0.1) is 18.1 Å². The lowest BCUT2D eigenvalue weighted by atomic mass is 10.2. The molecule has 0 fully saturated rings. The molecule has 0 bridgehead atoms. The van der Waals surface area contributed by atoms with Gasteiger partial charge in [-0.2, -0.15) is 0 Å². The van der Waals surface area contributed by atoms with E-state index in [0.29, 0.717) is 6.61 Å². The van der Waals surface area contributed by atoms with Crippen LogP contribution in [0.4, 0.5) is 0 Å². The molecule has 0 aliphatic carbocycles. The van der Waals surface area contributed by atoms with Gasteiger partial charge in [0.15, 0.2) is 0 Å². The molecule has 0 atom stereocenters. The van der Waals surface area contributed by atoms with Gasteiger partial charge in [-0.25, -0.2) is 4.98 Å². The number of rotatable bonds is 5. The van der Waals surface area contributed by atoms with Crippen LogP contribution in [0.25, 0.3) is 11.0 Å². The summed E-state index contributed by atoms with van der Waals surface area (Å²) in [5.41, 5.74) is 3.25. The Kier molecular flexibility index (Phi) is 3.88. The maximum atomic E-state index is 5.32. The number of benzene rings is 2. The molecule has 0 saturated heterocycles. The Morgan fingerprint density at radius 3 is 2.57 bits per heavy atom. The SMILES string of the molecule is COCc1nc2ccc(OC)cc2n1Cc1ccccc1. The lowest BCUT2D eigenvalue weighted by Crippen LogP contribution is -2.06. The van der Waals surface area contributed by atoms with Crippen molar-refractivity contribution in [3.05, 3.63) is 59.9 Å². The highest BCUT2D eigenvalue weighted by Crippen LogP contribution is 2.23. The summed E-state index contributed by atoms with van der Waals surface area (Å²) in [7, 11) is 3.36. The number of nitrogens with zero attached hydrogens (tertiary/aromatic N) is 2. The normalized spacial score (nSPS) is 11.0. The molecule has 108 valence electrons. The lowest BCUT2D eigenvalue weighted by molar-refractivity contribution is 0.175. The molecule has 0 radical (unpaired) electrons. The van der Waals surface area contributed by atoms with E-state index >= 15 is 0 Å². The van der Waals surface area contributed by atoms with E-state index in [-0.39, 0.29) is 0 Å². The van der Waals surface area contributed by atoms with Crippen molar-refractivity contribution in [3.63, 3.8) is 0 Å². The van der Waals surface area contributed by atoms with Crippen molar-refractivity contribution in [1.82, 2.24) is 9.55 Å². The van der Waals surface area contributed by atoms with Crippen molar-refractivity contribution < 1.29 is 9.47 Å². The predicted octanol–water partition coefficient (Wildman–Crippen LogP) is 3.24. The van der Waals surface area contributed by atoms with Gasteiger partial charge >= 0.3 is 0 Å². The third-order valence-electron chi connectivity index (χ3n) is 3.49. The van der Waals surface area contributed by atoms with Crippen LogP contribution in [-0.4, -0.2) is 23.8 Å². The molecule has 0 N–H and O–H groups in total. The van der Waals surface area contributed by atoms with E-state index < -0.39 is 0 Å². The molecule has 3 aromatic rings. The summed E-state index contributed by atoms with van der Waals surface area (Å²) >= 11 is 0. The average Bonchev–Trinajstić information content (AvgIpc) is 2.86. The molecule has 0 unspecified atom stereocenters. The zero-order valence-corrected chi connectivity index (χ0v) is 12.2. The molecular weight excluding hydrogens is 264 g/mol. The van der Waals surface area contributed by atoms with Crippen LogP contribution in [0, 0.1) is 0 Å². The van der Waals surface area contributed by atoms with Gasteiger partial charge in [0, 0.05) is 19.7 Å². The second kappa shape index (κ2) is 5.97. The Morgan fingerprint density at radius 2 is 1.86 bits per heavy atom. The number of aromatic nitrogens is 2. The third-order valence-corrected chi connectivity index (χ3v) is 3.49. The highest BCUT2D eigenvalue weighted by atomic mass is 16.5. The molecule has 4 nitrogen and oxygen atoms in total. The molecule has 21 heavy (non-hydrogen) atoms. The molecule has 1 heterocycles. The van der Waals surface area contributed by atoms with E-state index in [9.17, 15) is 0 Å². The first-order chi connectivity index (χ1) is 10.3. The summed E-state index contributed by atoms with van der Waals surface area (Å²) in [6.07, 6.45) is 0. The van der Waals surface area contributed by atoms with Crippen LogP contribution in [-0.2, 0) is 17.9 Å². The fourth-order valence-corrected chi connectivity index (χ4v) is 2.46. The fourth-order valence-electron chi connectivity index (χ4n) is 2.46. The van der Waals surface area contributed by atoms with E-state index in [0.717, 1.165) is 29.2 Å². The highest BCUT2D eigenvalue weighted by molar-refractivity contribution is 5.78. The van der Waals surface area contributed by atoms with Gasteiger partial charge in [-0.15, -0.1) is 0 Å². The average molecular weight is 282 g/mol. The van der Waals surface area contributed by atoms with Gasteiger partial charge in [-0.3, -0.25) is 0 Å². The Balaban J connectivity index is 2.10. The standard InChI is InChI=1S/C17H18N2O2/c1-20-12-17-18-15-9-8-14(21-2)10-16(15)19(17)11-13-6-4-3-5-7-13/h3-10H,11-12H2,1-2H3. The lowest BCUT2D eigenvalue weighted by Gasteiger charge is -2.09. The van der Waals surface area contributed by atoms with Crippen molar-refractivity contribution in [1.29, 1.82) is 0 Å². The number of fused-ring (bicyclic) bond motifs is 1. The van der Waals surface area contributed by atoms with Crippen molar-refractivity contribution in [3.8, 4) is 5.75 Å². The van der Waals surface area contributed by atoms with Gasteiger partial charge in [0.2, 0.25) is 0 Å². The van der Waals surface area contributed by atoms with E-state index in [1.807, 2.05) is 36.4 Å². The monoisotopic (exact) mass is 282 g/mol. The maximum absolute atomic E-state index is 5.32. The molecule has 0 saturated carbocycles. The summed E-state index contributed by atoms with van der Waals surface area (Å²) in [6, 6.07) is 16.3. The highest BCUT2D eigenvalue weighted by Gasteiger charge is 2.11. The van der Waals surface area contributed by atoms with Crippen molar-refractivity contribution in [2.45, 2.75) is 13.2 Å². The van der Waals surface area contributed by atoms with E-state index in [1.165, 1.54) is 5.56 Å². The molecule has 0 aliphatic heterocycles. The molecular formula is C17H18N2O2. The second-order valence-corrected chi connectivity index (χ2v) is 4.89. The summed E-state index contributed by atoms with van der Waals surface area (Å²) in [6.45, 7) is 1.26. The predicted molar refractivity (Wildman–Crippen MR) is 82.5 cm³/mol. The van der Waals surface area contributed by atoms with Crippen molar-refractivity contribution >= 4 is 11.0 Å². The molecule has 3 rings (SSSR count). The number of methoxy groups -OCH3 is 2. The molecule has 4 heteroatoms. The minimum absolute atomic E-state index is 0.490. The minimum Gasteiger partial charge on any atom is -0.497 e. The third kappa shape index (κ3) is 2.76. The molecule has 0 amide bonds. The smallest absolute Gasteiger partial charge is 0.136 e. The number of imidazole rings is 1. The van der Waals surface area contributed by atoms with Crippen LogP contribution in [0.15, 0.2) is 48.5 Å². The van der Waals surface area contributed by atoms with Crippen LogP contribution in [0.2, 0.25) is 0 Å². The molecule has 0 spiro atoms. The van der Waals surface area contributed by atoms with Gasteiger partial charge in [-0.05, 0) is 17.7 Å². The Hall–Kier alpha value is -2.33. The maximum Gasteiger partial charge on any atom is 0.136 e. The van der Waals surface area contributed by atoms with Crippen molar-refractivity contribution in [2.24, 2.45) is 0 Å². The quantitative estimate of drug-likeness (QED) is 0.721. The summed E-state index contributed by atoms with van der Waals surface area (Å²) in [5, 5.41) is 0. The van der Waals surface area contributed by atoms with Gasteiger partial charge in [0.25, 0.3) is 0 Å². The van der Waals surface area contributed by atoms with Crippen LogP contribution in [0.1, 0.15) is 11.4 Å².